The van der Waals surface area contributed by atoms with Crippen LogP contribution in [0, 0.1) is 0 Å². The molecule has 0 saturated carbocycles. The van der Waals surface area contributed by atoms with Crippen molar-refractivity contribution in [1.82, 2.24) is 20.7 Å². The molecule has 0 aliphatic carbocycles. The number of H-pyrrole nitrogens is 1. The lowest BCUT2D eigenvalue weighted by molar-refractivity contribution is 0.0517. The quantitative estimate of drug-likeness (QED) is 0.706. The third kappa shape index (κ3) is 1.99. The number of aromatic nitrogens is 3. The molecule has 1 aromatic heterocycles. The number of esters is 1. The molecule has 1 fully saturated rings. The lowest BCUT2D eigenvalue weighted by atomic mass is 10.1. The molecule has 0 amide bonds. The van der Waals surface area contributed by atoms with E-state index >= 15 is 0 Å². The van der Waals surface area contributed by atoms with Crippen LogP contribution in [0.25, 0.3) is 0 Å². The number of rotatable bonds is 3. The van der Waals surface area contributed by atoms with E-state index in [1.165, 1.54) is 0 Å². The average molecular weight is 210 g/mol. The van der Waals surface area contributed by atoms with Crippen molar-refractivity contribution in [2.75, 3.05) is 13.2 Å². The van der Waals surface area contributed by atoms with E-state index < -0.39 is 5.97 Å². The Kier molecular flexibility index (Phi) is 2.96. The summed E-state index contributed by atoms with van der Waals surface area (Å²) in [6, 6.07) is 0.128. The SMILES string of the molecule is CCOC(=O)c1n[nH]nc1C1CCCN1. The van der Waals surface area contributed by atoms with Crippen molar-refractivity contribution in [1.29, 1.82) is 0 Å². The minimum absolute atomic E-state index is 0.128. The van der Waals surface area contributed by atoms with E-state index in [1.807, 2.05) is 0 Å². The Morgan fingerprint density at radius 1 is 1.60 bits per heavy atom. The van der Waals surface area contributed by atoms with Gasteiger partial charge in [-0.25, -0.2) is 4.79 Å². The van der Waals surface area contributed by atoms with E-state index in [0.717, 1.165) is 19.4 Å². The van der Waals surface area contributed by atoms with E-state index in [-0.39, 0.29) is 6.04 Å². The van der Waals surface area contributed by atoms with Gasteiger partial charge in [0.2, 0.25) is 0 Å². The smallest absolute Gasteiger partial charge is 0.360 e. The summed E-state index contributed by atoms with van der Waals surface area (Å²) in [6.07, 6.45) is 2.08. The second-order valence-corrected chi connectivity index (χ2v) is 3.43. The molecule has 1 unspecified atom stereocenters. The highest BCUT2D eigenvalue weighted by molar-refractivity contribution is 5.88. The van der Waals surface area contributed by atoms with Gasteiger partial charge in [-0.1, -0.05) is 0 Å². The van der Waals surface area contributed by atoms with Crippen molar-refractivity contribution in [3.63, 3.8) is 0 Å². The normalized spacial score (nSPS) is 20.5. The second-order valence-electron chi connectivity index (χ2n) is 3.43. The van der Waals surface area contributed by atoms with E-state index in [9.17, 15) is 4.79 Å². The number of carbonyl (C=O) groups excluding carboxylic acids is 1. The highest BCUT2D eigenvalue weighted by Crippen LogP contribution is 2.23. The molecule has 0 radical (unpaired) electrons. The summed E-state index contributed by atoms with van der Waals surface area (Å²) in [7, 11) is 0. The number of carbonyl (C=O) groups is 1. The van der Waals surface area contributed by atoms with Gasteiger partial charge in [0.15, 0.2) is 5.69 Å². The first-order valence-electron chi connectivity index (χ1n) is 5.14. The predicted molar refractivity (Wildman–Crippen MR) is 52.3 cm³/mol. The number of ether oxygens (including phenoxy) is 1. The van der Waals surface area contributed by atoms with Crippen LogP contribution < -0.4 is 5.32 Å². The van der Waals surface area contributed by atoms with Gasteiger partial charge < -0.3 is 10.1 Å². The van der Waals surface area contributed by atoms with Gasteiger partial charge in [-0.05, 0) is 26.3 Å². The second kappa shape index (κ2) is 4.39. The molecular weight excluding hydrogens is 196 g/mol. The molecule has 1 aromatic rings. The molecule has 6 nitrogen and oxygen atoms in total. The van der Waals surface area contributed by atoms with Gasteiger partial charge in [-0.2, -0.15) is 10.3 Å². The Balaban J connectivity index is 2.17. The topological polar surface area (TPSA) is 79.9 Å². The first kappa shape index (κ1) is 10.1. The van der Waals surface area contributed by atoms with Crippen LogP contribution in [0.3, 0.4) is 0 Å². The number of hydrogen-bond donors (Lipinski definition) is 2. The molecular formula is C9H14N4O2. The molecule has 2 N–H and O–H groups in total. The van der Waals surface area contributed by atoms with Crippen molar-refractivity contribution in [2.45, 2.75) is 25.8 Å². The molecule has 6 heteroatoms. The number of nitrogens with zero attached hydrogens (tertiary/aromatic N) is 2. The maximum atomic E-state index is 11.5. The highest BCUT2D eigenvalue weighted by Gasteiger charge is 2.26. The van der Waals surface area contributed by atoms with Crippen LogP contribution in [0.4, 0.5) is 0 Å². The summed E-state index contributed by atoms with van der Waals surface area (Å²) in [4.78, 5) is 11.5. The van der Waals surface area contributed by atoms with E-state index in [4.69, 9.17) is 4.74 Å². The van der Waals surface area contributed by atoms with Gasteiger partial charge in [0, 0.05) is 0 Å². The zero-order chi connectivity index (χ0) is 10.7. The number of nitrogens with one attached hydrogen (secondary N) is 2. The summed E-state index contributed by atoms with van der Waals surface area (Å²) in [6.45, 7) is 3.08. The van der Waals surface area contributed by atoms with Crippen molar-refractivity contribution in [3.05, 3.63) is 11.4 Å². The highest BCUT2D eigenvalue weighted by atomic mass is 16.5. The molecule has 1 aliphatic rings. The van der Waals surface area contributed by atoms with Crippen molar-refractivity contribution in [3.8, 4) is 0 Å². The standard InChI is InChI=1S/C9H14N4O2/c1-2-15-9(14)8-7(11-13-12-8)6-4-3-5-10-6/h6,10H,2-5H2,1H3,(H,11,12,13). The fourth-order valence-corrected chi connectivity index (χ4v) is 1.75. The van der Waals surface area contributed by atoms with E-state index in [2.05, 4.69) is 20.7 Å². The monoisotopic (exact) mass is 210 g/mol. The van der Waals surface area contributed by atoms with Crippen LogP contribution in [0.15, 0.2) is 0 Å². The average Bonchev–Trinajstić information content (AvgIpc) is 2.88. The molecule has 15 heavy (non-hydrogen) atoms. The first-order valence-corrected chi connectivity index (χ1v) is 5.14. The summed E-state index contributed by atoms with van der Waals surface area (Å²) < 4.78 is 4.90. The largest absolute Gasteiger partial charge is 0.461 e. The minimum Gasteiger partial charge on any atom is -0.461 e. The molecule has 2 rings (SSSR count). The van der Waals surface area contributed by atoms with E-state index in [1.54, 1.807) is 6.92 Å². The molecule has 0 spiro atoms. The van der Waals surface area contributed by atoms with Crippen molar-refractivity contribution >= 4 is 5.97 Å². The molecule has 82 valence electrons. The van der Waals surface area contributed by atoms with Crippen LogP contribution in [0.2, 0.25) is 0 Å². The summed E-state index contributed by atoms with van der Waals surface area (Å²) in [5.41, 5.74) is 0.974. The molecule has 1 saturated heterocycles. The third-order valence-electron chi connectivity index (χ3n) is 2.43. The van der Waals surface area contributed by atoms with Gasteiger partial charge in [-0.15, -0.1) is 5.10 Å². The molecule has 1 atom stereocenters. The van der Waals surface area contributed by atoms with Crippen LogP contribution in [-0.2, 0) is 4.74 Å². The first-order chi connectivity index (χ1) is 7.33. The molecule has 1 aliphatic heterocycles. The van der Waals surface area contributed by atoms with E-state index in [0.29, 0.717) is 18.0 Å². The molecule has 0 bridgehead atoms. The van der Waals surface area contributed by atoms with Gasteiger partial charge in [0.05, 0.1) is 12.6 Å². The van der Waals surface area contributed by atoms with Crippen LogP contribution in [-0.4, -0.2) is 34.5 Å². The Hall–Kier alpha value is -1.43. The van der Waals surface area contributed by atoms with Crippen LogP contribution in [0.1, 0.15) is 42.0 Å². The maximum Gasteiger partial charge on any atom is 0.360 e. The van der Waals surface area contributed by atoms with Gasteiger partial charge in [0.1, 0.15) is 5.69 Å². The third-order valence-corrected chi connectivity index (χ3v) is 2.43. The maximum absolute atomic E-state index is 11.5. The fraction of sp³-hybridized carbons (Fsp3) is 0.667. The van der Waals surface area contributed by atoms with Gasteiger partial charge in [-0.3, -0.25) is 0 Å². The van der Waals surface area contributed by atoms with Gasteiger partial charge in [0.25, 0.3) is 0 Å². The predicted octanol–water partition coefficient (Wildman–Crippen LogP) is 0.406. The van der Waals surface area contributed by atoms with Gasteiger partial charge >= 0.3 is 5.97 Å². The Morgan fingerprint density at radius 3 is 3.13 bits per heavy atom. The number of hydrogen-bond acceptors (Lipinski definition) is 5. The lowest BCUT2D eigenvalue weighted by Gasteiger charge is -2.07. The van der Waals surface area contributed by atoms with Crippen LogP contribution in [0.5, 0.6) is 0 Å². The summed E-state index contributed by atoms with van der Waals surface area (Å²) in [5.74, 6) is -0.407. The Labute approximate surface area is 87.4 Å². The summed E-state index contributed by atoms with van der Waals surface area (Å²) in [5, 5.41) is 13.6. The van der Waals surface area contributed by atoms with Crippen LogP contribution >= 0.6 is 0 Å². The number of aromatic amines is 1. The molecule has 2 heterocycles. The molecule has 0 aromatic carbocycles. The van der Waals surface area contributed by atoms with Crippen molar-refractivity contribution < 1.29 is 9.53 Å². The zero-order valence-corrected chi connectivity index (χ0v) is 8.62. The fourth-order valence-electron chi connectivity index (χ4n) is 1.75. The minimum atomic E-state index is -0.407. The van der Waals surface area contributed by atoms with Crippen molar-refractivity contribution in [2.24, 2.45) is 0 Å². The Morgan fingerprint density at radius 2 is 2.47 bits per heavy atom. The zero-order valence-electron chi connectivity index (χ0n) is 8.62. The Bertz CT molecular complexity index is 344. The summed E-state index contributed by atoms with van der Waals surface area (Å²) >= 11 is 0. The lowest BCUT2D eigenvalue weighted by Crippen LogP contribution is -2.17.